The quantitative estimate of drug-likeness (QED) is 0.723. The second kappa shape index (κ2) is 6.56. The van der Waals surface area contributed by atoms with E-state index in [0.717, 1.165) is 18.7 Å². The molecule has 5 heteroatoms. The average molecular weight is 256 g/mol. The number of ketones is 1. The summed E-state index contributed by atoms with van der Waals surface area (Å²) in [5.74, 6) is -2.14. The van der Waals surface area contributed by atoms with E-state index in [-0.39, 0.29) is 6.54 Å². The number of carbonyl (C=O) groups is 1. The summed E-state index contributed by atoms with van der Waals surface area (Å²) in [7, 11) is 5.60. The van der Waals surface area contributed by atoms with E-state index in [1.54, 1.807) is 11.9 Å². The van der Waals surface area contributed by atoms with Crippen LogP contribution in [0.2, 0.25) is 0 Å². The van der Waals surface area contributed by atoms with Gasteiger partial charge < -0.3 is 4.90 Å². The predicted molar refractivity (Wildman–Crippen MR) is 66.7 cm³/mol. The van der Waals surface area contributed by atoms with E-state index in [9.17, 15) is 13.6 Å². The zero-order valence-electron chi connectivity index (χ0n) is 10.9. The van der Waals surface area contributed by atoms with Crippen molar-refractivity contribution < 1.29 is 13.6 Å². The van der Waals surface area contributed by atoms with Gasteiger partial charge in [-0.3, -0.25) is 9.69 Å². The molecule has 100 valence electrons. The van der Waals surface area contributed by atoms with E-state index in [4.69, 9.17) is 0 Å². The Morgan fingerprint density at radius 2 is 1.67 bits per heavy atom. The van der Waals surface area contributed by atoms with Crippen LogP contribution in [-0.4, -0.2) is 56.4 Å². The molecule has 0 aliphatic rings. The molecule has 0 saturated carbocycles. The fraction of sp³-hybridized carbons (Fsp3) is 0.462. The fourth-order valence-corrected chi connectivity index (χ4v) is 1.54. The summed E-state index contributed by atoms with van der Waals surface area (Å²) in [6, 6.07) is 3.43. The van der Waals surface area contributed by atoms with Gasteiger partial charge in [0.25, 0.3) is 0 Å². The highest BCUT2D eigenvalue weighted by atomic mass is 19.1. The number of rotatable bonds is 6. The first-order valence-corrected chi connectivity index (χ1v) is 5.72. The summed E-state index contributed by atoms with van der Waals surface area (Å²) in [6.07, 6.45) is 0. The van der Waals surface area contributed by atoms with Crippen molar-refractivity contribution in [3.8, 4) is 0 Å². The van der Waals surface area contributed by atoms with Crippen LogP contribution in [0.25, 0.3) is 0 Å². The molecule has 0 bridgehead atoms. The molecule has 0 radical (unpaired) electrons. The predicted octanol–water partition coefficient (Wildman–Crippen LogP) is 1.64. The van der Waals surface area contributed by atoms with Gasteiger partial charge in [-0.15, -0.1) is 0 Å². The van der Waals surface area contributed by atoms with E-state index in [1.165, 1.54) is 6.07 Å². The highest BCUT2D eigenvalue weighted by Gasteiger charge is 2.18. The highest BCUT2D eigenvalue weighted by Crippen LogP contribution is 2.13. The standard InChI is InChI=1S/C13H18F2N2O/c1-16(2)7-8-17(3)9-12(18)13-10(14)5-4-6-11(13)15/h4-6H,7-9H2,1-3H3. The number of hydrogen-bond donors (Lipinski definition) is 0. The zero-order chi connectivity index (χ0) is 13.7. The third-order valence-electron chi connectivity index (χ3n) is 2.58. The van der Waals surface area contributed by atoms with Gasteiger partial charge in [0.1, 0.15) is 11.6 Å². The third-order valence-corrected chi connectivity index (χ3v) is 2.58. The van der Waals surface area contributed by atoms with Gasteiger partial charge in [0.15, 0.2) is 5.78 Å². The molecule has 1 aromatic carbocycles. The van der Waals surface area contributed by atoms with Crippen LogP contribution >= 0.6 is 0 Å². The van der Waals surface area contributed by atoms with Crippen molar-refractivity contribution in [3.63, 3.8) is 0 Å². The summed E-state index contributed by atoms with van der Waals surface area (Å²) in [5, 5.41) is 0. The molecule has 1 rings (SSSR count). The minimum atomic E-state index is -0.805. The summed E-state index contributed by atoms with van der Waals surface area (Å²) < 4.78 is 26.8. The Labute approximate surface area is 106 Å². The van der Waals surface area contributed by atoms with Crippen LogP contribution in [0, 0.1) is 11.6 Å². The topological polar surface area (TPSA) is 23.6 Å². The van der Waals surface area contributed by atoms with Gasteiger partial charge in [-0.25, -0.2) is 8.78 Å². The second-order valence-corrected chi connectivity index (χ2v) is 4.56. The van der Waals surface area contributed by atoms with Crippen molar-refractivity contribution in [1.29, 1.82) is 0 Å². The number of nitrogens with zero attached hydrogens (tertiary/aromatic N) is 2. The van der Waals surface area contributed by atoms with Crippen LogP contribution in [0.3, 0.4) is 0 Å². The molecule has 0 N–H and O–H groups in total. The minimum absolute atomic E-state index is 0.00565. The molecule has 0 amide bonds. The van der Waals surface area contributed by atoms with Gasteiger partial charge in [-0.2, -0.15) is 0 Å². The summed E-state index contributed by atoms with van der Waals surface area (Å²) >= 11 is 0. The summed E-state index contributed by atoms with van der Waals surface area (Å²) in [6.45, 7) is 1.45. The molecule has 0 atom stereocenters. The molecule has 18 heavy (non-hydrogen) atoms. The molecule has 0 saturated heterocycles. The zero-order valence-corrected chi connectivity index (χ0v) is 10.9. The SMILES string of the molecule is CN(C)CCN(C)CC(=O)c1c(F)cccc1F. The lowest BCUT2D eigenvalue weighted by atomic mass is 10.1. The molecule has 0 aromatic heterocycles. The minimum Gasteiger partial charge on any atom is -0.308 e. The molecular formula is C13H18F2N2O. The lowest BCUT2D eigenvalue weighted by Gasteiger charge is -2.18. The van der Waals surface area contributed by atoms with Gasteiger partial charge in [-0.1, -0.05) is 6.07 Å². The Balaban J connectivity index is 2.65. The molecule has 0 spiro atoms. The lowest BCUT2D eigenvalue weighted by molar-refractivity contribution is 0.0934. The van der Waals surface area contributed by atoms with Crippen molar-refractivity contribution in [2.75, 3.05) is 40.8 Å². The van der Waals surface area contributed by atoms with Crippen LogP contribution in [-0.2, 0) is 0 Å². The first kappa shape index (κ1) is 14.7. The first-order valence-electron chi connectivity index (χ1n) is 5.72. The average Bonchev–Trinajstić information content (AvgIpc) is 2.26. The summed E-state index contributed by atoms with van der Waals surface area (Å²) in [4.78, 5) is 15.5. The Bertz CT molecular complexity index is 401. The molecule has 0 aliphatic heterocycles. The molecule has 0 unspecified atom stereocenters. The normalized spacial score (nSPS) is 11.3. The molecule has 1 aromatic rings. The Hall–Kier alpha value is -1.33. The van der Waals surface area contributed by atoms with E-state index in [2.05, 4.69) is 0 Å². The maximum atomic E-state index is 13.4. The maximum absolute atomic E-state index is 13.4. The molecule has 0 fully saturated rings. The maximum Gasteiger partial charge on any atom is 0.182 e. The van der Waals surface area contributed by atoms with Crippen LogP contribution in [0.4, 0.5) is 8.78 Å². The Morgan fingerprint density at radius 3 is 2.17 bits per heavy atom. The molecule has 0 heterocycles. The van der Waals surface area contributed by atoms with E-state index < -0.39 is 23.0 Å². The van der Waals surface area contributed by atoms with Crippen molar-refractivity contribution in [3.05, 3.63) is 35.4 Å². The lowest BCUT2D eigenvalue weighted by Crippen LogP contribution is -2.33. The smallest absolute Gasteiger partial charge is 0.182 e. The van der Waals surface area contributed by atoms with Crippen LogP contribution < -0.4 is 0 Å². The largest absolute Gasteiger partial charge is 0.308 e. The van der Waals surface area contributed by atoms with E-state index >= 15 is 0 Å². The number of likely N-dealkylation sites (N-methyl/N-ethyl adjacent to an activating group) is 2. The van der Waals surface area contributed by atoms with Crippen LogP contribution in [0.1, 0.15) is 10.4 Å². The fourth-order valence-electron chi connectivity index (χ4n) is 1.54. The van der Waals surface area contributed by atoms with Crippen molar-refractivity contribution >= 4 is 5.78 Å². The molecule has 3 nitrogen and oxygen atoms in total. The van der Waals surface area contributed by atoms with Gasteiger partial charge in [0, 0.05) is 13.1 Å². The molecular weight excluding hydrogens is 238 g/mol. The van der Waals surface area contributed by atoms with Gasteiger partial charge in [0.05, 0.1) is 12.1 Å². The van der Waals surface area contributed by atoms with Crippen molar-refractivity contribution in [1.82, 2.24) is 9.80 Å². The van der Waals surface area contributed by atoms with Crippen LogP contribution in [0.15, 0.2) is 18.2 Å². The summed E-state index contributed by atoms with van der Waals surface area (Å²) in [5.41, 5.74) is -0.450. The molecule has 0 aliphatic carbocycles. The Kier molecular flexibility index (Phi) is 5.37. The third kappa shape index (κ3) is 4.16. The number of benzene rings is 1. The number of carbonyl (C=O) groups excluding carboxylic acids is 1. The van der Waals surface area contributed by atoms with Gasteiger partial charge in [-0.05, 0) is 33.3 Å². The highest BCUT2D eigenvalue weighted by molar-refractivity contribution is 5.98. The second-order valence-electron chi connectivity index (χ2n) is 4.56. The number of hydrogen-bond acceptors (Lipinski definition) is 3. The van der Waals surface area contributed by atoms with Crippen molar-refractivity contribution in [2.24, 2.45) is 0 Å². The van der Waals surface area contributed by atoms with Gasteiger partial charge >= 0.3 is 0 Å². The van der Waals surface area contributed by atoms with Crippen LogP contribution in [0.5, 0.6) is 0 Å². The van der Waals surface area contributed by atoms with Gasteiger partial charge in [0.2, 0.25) is 0 Å². The number of Topliss-reactive ketones (excluding diaryl/α,β-unsaturated/α-hetero) is 1. The first-order chi connectivity index (χ1) is 8.41. The number of halogens is 2. The van der Waals surface area contributed by atoms with E-state index in [1.807, 2.05) is 19.0 Å². The van der Waals surface area contributed by atoms with Crippen molar-refractivity contribution in [2.45, 2.75) is 0 Å². The Morgan fingerprint density at radius 1 is 1.11 bits per heavy atom. The van der Waals surface area contributed by atoms with E-state index in [0.29, 0.717) is 6.54 Å². The monoisotopic (exact) mass is 256 g/mol.